The molecule has 3 aromatic rings. The zero-order chi connectivity index (χ0) is 17.8. The first-order chi connectivity index (χ1) is 12.1. The molecule has 124 valence electrons. The highest BCUT2D eigenvalue weighted by atomic mass is 15.0. The molecule has 1 nitrogen and oxygen atoms in total. The predicted octanol–water partition coefficient (Wildman–Crippen LogP) is 6.90. The van der Waals surface area contributed by atoms with E-state index in [4.69, 9.17) is 0 Å². The summed E-state index contributed by atoms with van der Waals surface area (Å²) in [7, 11) is 0. The molecule has 0 unspecified atom stereocenters. The zero-order valence-corrected chi connectivity index (χ0v) is 14.9. The fourth-order valence-corrected chi connectivity index (χ4v) is 2.98. The molecule has 25 heavy (non-hydrogen) atoms. The van der Waals surface area contributed by atoms with Crippen LogP contribution in [0.3, 0.4) is 0 Å². The van der Waals surface area contributed by atoms with Crippen LogP contribution < -0.4 is 0 Å². The monoisotopic (exact) mass is 325 g/mol. The molecule has 0 aliphatic rings. The van der Waals surface area contributed by atoms with Crippen LogP contribution in [0.5, 0.6) is 0 Å². The van der Waals surface area contributed by atoms with Gasteiger partial charge in [0.1, 0.15) is 0 Å². The second-order valence-electron chi connectivity index (χ2n) is 6.10. The molecule has 0 aliphatic carbocycles. The van der Waals surface area contributed by atoms with Crippen LogP contribution in [0.1, 0.15) is 13.8 Å². The molecule has 0 spiro atoms. The molecule has 0 atom stereocenters. The van der Waals surface area contributed by atoms with Crippen molar-refractivity contribution in [2.75, 3.05) is 0 Å². The number of para-hydroxylation sites is 2. The van der Waals surface area contributed by atoms with Gasteiger partial charge in [-0.2, -0.15) is 0 Å². The van der Waals surface area contributed by atoms with Crippen molar-refractivity contribution in [2.24, 2.45) is 0 Å². The molecule has 0 N–H and O–H groups in total. The van der Waals surface area contributed by atoms with Gasteiger partial charge in [-0.1, -0.05) is 73.9 Å². The van der Waals surface area contributed by atoms with Gasteiger partial charge in [-0.25, -0.2) is 0 Å². The summed E-state index contributed by atoms with van der Waals surface area (Å²) in [5.74, 6) is 0. The maximum absolute atomic E-state index is 4.29. The maximum Gasteiger partial charge on any atom is 0.0540 e. The van der Waals surface area contributed by atoms with E-state index in [-0.39, 0.29) is 0 Å². The maximum atomic E-state index is 4.29. The van der Waals surface area contributed by atoms with Gasteiger partial charge in [0.15, 0.2) is 0 Å². The van der Waals surface area contributed by atoms with Crippen molar-refractivity contribution < 1.29 is 0 Å². The number of benzene rings is 2. The van der Waals surface area contributed by atoms with Crippen LogP contribution in [0.2, 0.25) is 0 Å². The Balaban J connectivity index is 2.02. The summed E-state index contributed by atoms with van der Waals surface area (Å²) < 4.78 is 2.21. The normalized spacial score (nSPS) is 12.6. The van der Waals surface area contributed by atoms with E-state index in [1.165, 1.54) is 21.8 Å². The number of hydrogen-bond donors (Lipinski definition) is 0. The van der Waals surface area contributed by atoms with E-state index >= 15 is 0 Å². The second kappa shape index (κ2) is 7.23. The molecule has 0 saturated heterocycles. The van der Waals surface area contributed by atoms with Gasteiger partial charge in [0.25, 0.3) is 0 Å². The first kappa shape index (κ1) is 16.8. The summed E-state index contributed by atoms with van der Waals surface area (Å²) in [6.45, 7) is 12.5. The van der Waals surface area contributed by atoms with Gasteiger partial charge in [0.05, 0.1) is 11.0 Å². The summed E-state index contributed by atoms with van der Waals surface area (Å²) in [6, 6.07) is 16.9. The molecule has 0 saturated carbocycles. The predicted molar refractivity (Wildman–Crippen MR) is 112 cm³/mol. The van der Waals surface area contributed by atoms with Gasteiger partial charge < -0.3 is 4.57 Å². The lowest BCUT2D eigenvalue weighted by Gasteiger charge is -2.07. The molecular formula is C24H23N. The molecule has 0 fully saturated rings. The van der Waals surface area contributed by atoms with Crippen molar-refractivity contribution in [3.63, 3.8) is 0 Å². The molecular weight excluding hydrogens is 302 g/mol. The SMILES string of the molecule is C=C(/C=C\C(=C)n1c2ccccc2c2ccccc21)/C(C)=C/C=C\C. The lowest BCUT2D eigenvalue weighted by molar-refractivity contribution is 1.24. The number of nitrogens with zero attached hydrogens (tertiary/aromatic N) is 1. The van der Waals surface area contributed by atoms with Crippen molar-refractivity contribution in [1.29, 1.82) is 0 Å². The number of fused-ring (bicyclic) bond motifs is 3. The minimum Gasteiger partial charge on any atom is -0.310 e. The number of allylic oxidation sites excluding steroid dienone is 8. The van der Waals surface area contributed by atoms with Crippen molar-refractivity contribution in [1.82, 2.24) is 4.57 Å². The third-order valence-electron chi connectivity index (χ3n) is 4.39. The molecule has 1 heterocycles. The summed E-state index contributed by atoms with van der Waals surface area (Å²) in [4.78, 5) is 0. The van der Waals surface area contributed by atoms with Crippen LogP contribution in [-0.2, 0) is 0 Å². The van der Waals surface area contributed by atoms with E-state index < -0.39 is 0 Å². The Morgan fingerprint density at radius 1 is 0.880 bits per heavy atom. The zero-order valence-electron chi connectivity index (χ0n) is 14.9. The molecule has 1 heteroatoms. The van der Waals surface area contributed by atoms with E-state index in [1.807, 2.05) is 31.2 Å². The van der Waals surface area contributed by atoms with Gasteiger partial charge in [-0.15, -0.1) is 0 Å². The molecule has 0 radical (unpaired) electrons. The minimum absolute atomic E-state index is 0.928. The van der Waals surface area contributed by atoms with Crippen LogP contribution >= 0.6 is 0 Å². The van der Waals surface area contributed by atoms with Crippen molar-refractivity contribution >= 4 is 27.5 Å². The molecule has 0 bridgehead atoms. The van der Waals surface area contributed by atoms with Crippen LogP contribution in [0.4, 0.5) is 0 Å². The van der Waals surface area contributed by atoms with Crippen LogP contribution in [0.15, 0.2) is 103 Å². The minimum atomic E-state index is 0.928. The Kier molecular flexibility index (Phi) is 4.85. The first-order valence-electron chi connectivity index (χ1n) is 8.48. The highest BCUT2D eigenvalue weighted by Crippen LogP contribution is 2.31. The lowest BCUT2D eigenvalue weighted by atomic mass is 10.1. The van der Waals surface area contributed by atoms with Crippen LogP contribution in [0.25, 0.3) is 27.5 Å². The first-order valence-corrected chi connectivity index (χ1v) is 8.48. The highest BCUT2D eigenvalue weighted by molar-refractivity contribution is 6.10. The number of hydrogen-bond acceptors (Lipinski definition) is 0. The van der Waals surface area contributed by atoms with Crippen LogP contribution in [-0.4, -0.2) is 4.57 Å². The van der Waals surface area contributed by atoms with E-state index in [2.05, 4.69) is 79.3 Å². The average Bonchev–Trinajstić information content (AvgIpc) is 2.98. The topological polar surface area (TPSA) is 4.93 Å². The Bertz CT molecular complexity index is 985. The quantitative estimate of drug-likeness (QED) is 0.450. The van der Waals surface area contributed by atoms with Gasteiger partial charge in [0.2, 0.25) is 0 Å². The highest BCUT2D eigenvalue weighted by Gasteiger charge is 2.10. The smallest absolute Gasteiger partial charge is 0.0540 e. The summed E-state index contributed by atoms with van der Waals surface area (Å²) >= 11 is 0. The summed E-state index contributed by atoms with van der Waals surface area (Å²) in [5, 5.41) is 2.49. The molecule has 0 aliphatic heterocycles. The third-order valence-corrected chi connectivity index (χ3v) is 4.39. The Hall–Kier alpha value is -3.06. The van der Waals surface area contributed by atoms with Crippen LogP contribution in [0, 0.1) is 0 Å². The number of rotatable bonds is 5. The third kappa shape index (κ3) is 3.27. The Labute approximate surface area is 149 Å². The molecule has 2 aromatic carbocycles. The van der Waals surface area contributed by atoms with Crippen molar-refractivity contribution in [3.05, 3.63) is 103 Å². The van der Waals surface area contributed by atoms with E-state index in [0.717, 1.165) is 16.8 Å². The molecule has 3 rings (SSSR count). The fourth-order valence-electron chi connectivity index (χ4n) is 2.98. The van der Waals surface area contributed by atoms with Gasteiger partial charge >= 0.3 is 0 Å². The Morgan fingerprint density at radius 3 is 2.00 bits per heavy atom. The summed E-state index contributed by atoms with van der Waals surface area (Å²) in [5.41, 5.74) is 5.40. The van der Waals surface area contributed by atoms with E-state index in [9.17, 15) is 0 Å². The molecule has 1 aromatic heterocycles. The Morgan fingerprint density at radius 2 is 1.44 bits per heavy atom. The number of aromatic nitrogens is 1. The standard InChI is InChI=1S/C24H23N/c1-5-6-11-18(2)19(3)16-17-20(4)25-23-14-9-7-12-21(23)22-13-8-10-15-24(22)25/h5-17H,3-4H2,1-2H3/b6-5-,17-16-,18-11+. The van der Waals surface area contributed by atoms with Gasteiger partial charge in [-0.05, 0) is 43.2 Å². The van der Waals surface area contributed by atoms with Crippen molar-refractivity contribution in [2.45, 2.75) is 13.8 Å². The lowest BCUT2D eigenvalue weighted by Crippen LogP contribution is -1.93. The van der Waals surface area contributed by atoms with Crippen molar-refractivity contribution in [3.8, 4) is 0 Å². The average molecular weight is 325 g/mol. The largest absolute Gasteiger partial charge is 0.310 e. The van der Waals surface area contributed by atoms with E-state index in [0.29, 0.717) is 0 Å². The summed E-state index contributed by atoms with van der Waals surface area (Å²) in [6.07, 6.45) is 10.2. The fraction of sp³-hybridized carbons (Fsp3) is 0.0833. The van der Waals surface area contributed by atoms with Gasteiger partial charge in [0, 0.05) is 16.5 Å². The van der Waals surface area contributed by atoms with Gasteiger partial charge in [-0.3, -0.25) is 0 Å². The van der Waals surface area contributed by atoms with E-state index in [1.54, 1.807) is 0 Å². The molecule has 0 amide bonds. The second-order valence-corrected chi connectivity index (χ2v) is 6.10.